The molecule has 2 aliphatic heterocycles. The minimum absolute atomic E-state index is 0.110. The predicted octanol–water partition coefficient (Wildman–Crippen LogP) is 2.58. The Bertz CT molecular complexity index is 1140. The Labute approximate surface area is 156 Å². The molecule has 0 radical (unpaired) electrons. The van der Waals surface area contributed by atoms with Crippen molar-refractivity contribution < 1.29 is 13.2 Å². The Morgan fingerprint density at radius 2 is 2.00 bits per heavy atom. The fourth-order valence-corrected chi connectivity index (χ4v) is 5.64. The summed E-state index contributed by atoms with van der Waals surface area (Å²) in [4.78, 5) is 19.6. The average Bonchev–Trinajstić information content (AvgIpc) is 3.36. The smallest absolute Gasteiger partial charge is 0.243 e. The fraction of sp³-hybridized carbons (Fsp3) is 0.263. The van der Waals surface area contributed by atoms with Gasteiger partial charge in [-0.25, -0.2) is 13.4 Å². The number of benzene rings is 2. The quantitative estimate of drug-likeness (QED) is 0.728. The van der Waals surface area contributed by atoms with E-state index in [-0.39, 0.29) is 23.3 Å². The van der Waals surface area contributed by atoms with Gasteiger partial charge in [0.1, 0.15) is 5.82 Å². The molecule has 8 heteroatoms. The van der Waals surface area contributed by atoms with E-state index in [2.05, 4.69) is 15.3 Å². The van der Waals surface area contributed by atoms with Crippen molar-refractivity contribution in [3.63, 3.8) is 0 Å². The molecule has 1 amide bonds. The number of aromatic nitrogens is 2. The van der Waals surface area contributed by atoms with Crippen molar-refractivity contribution in [1.82, 2.24) is 14.3 Å². The lowest BCUT2D eigenvalue weighted by Gasteiger charge is -2.23. The number of H-pyrrole nitrogens is 1. The van der Waals surface area contributed by atoms with Gasteiger partial charge in [-0.1, -0.05) is 12.1 Å². The van der Waals surface area contributed by atoms with Crippen LogP contribution in [-0.2, 0) is 21.2 Å². The molecule has 0 spiro atoms. The van der Waals surface area contributed by atoms with E-state index >= 15 is 0 Å². The molecule has 0 unspecified atom stereocenters. The van der Waals surface area contributed by atoms with E-state index in [4.69, 9.17) is 0 Å². The Balaban J connectivity index is 1.52. The molecule has 1 saturated heterocycles. The summed E-state index contributed by atoms with van der Waals surface area (Å²) in [5.41, 5.74) is 3.15. The number of hydrogen-bond acceptors (Lipinski definition) is 4. The number of nitrogens with zero attached hydrogens (tertiary/aromatic N) is 2. The average molecular weight is 382 g/mol. The van der Waals surface area contributed by atoms with Crippen LogP contribution in [0.4, 0.5) is 5.69 Å². The van der Waals surface area contributed by atoms with Gasteiger partial charge in [0.05, 0.1) is 28.4 Å². The summed E-state index contributed by atoms with van der Waals surface area (Å²) in [6.07, 6.45) is 1.72. The molecule has 1 fully saturated rings. The van der Waals surface area contributed by atoms with Crippen molar-refractivity contribution >= 4 is 32.7 Å². The molecule has 3 aromatic rings. The number of anilines is 1. The maximum Gasteiger partial charge on any atom is 0.243 e. The molecule has 0 aliphatic carbocycles. The zero-order valence-electron chi connectivity index (χ0n) is 14.5. The van der Waals surface area contributed by atoms with Crippen LogP contribution in [0.5, 0.6) is 0 Å². The number of carbonyl (C=O) groups excluding carboxylic acids is 1. The van der Waals surface area contributed by atoms with Gasteiger partial charge in [0.2, 0.25) is 15.9 Å². The Morgan fingerprint density at radius 3 is 2.85 bits per heavy atom. The summed E-state index contributed by atoms with van der Waals surface area (Å²) >= 11 is 0. The van der Waals surface area contributed by atoms with E-state index < -0.39 is 10.0 Å². The van der Waals surface area contributed by atoms with Crippen LogP contribution >= 0.6 is 0 Å². The summed E-state index contributed by atoms with van der Waals surface area (Å²) in [7, 11) is -3.68. The van der Waals surface area contributed by atoms with E-state index in [9.17, 15) is 13.2 Å². The Kier molecular flexibility index (Phi) is 3.60. The van der Waals surface area contributed by atoms with Gasteiger partial charge in [-0.3, -0.25) is 4.79 Å². The van der Waals surface area contributed by atoms with Gasteiger partial charge in [-0.05, 0) is 48.7 Å². The fourth-order valence-electron chi connectivity index (χ4n) is 3.93. The van der Waals surface area contributed by atoms with Crippen LogP contribution in [0.1, 0.15) is 30.3 Å². The van der Waals surface area contributed by atoms with Crippen molar-refractivity contribution in [3.8, 4) is 0 Å². The third kappa shape index (κ3) is 2.64. The van der Waals surface area contributed by atoms with Crippen molar-refractivity contribution in [2.75, 3.05) is 11.9 Å². The molecule has 2 aromatic carbocycles. The summed E-state index contributed by atoms with van der Waals surface area (Å²) in [6.45, 7) is 0.457. The van der Waals surface area contributed by atoms with Crippen LogP contribution in [0, 0.1) is 0 Å². The summed E-state index contributed by atoms with van der Waals surface area (Å²) in [5.74, 6) is 0.566. The number of fused-ring (bicyclic) bond motifs is 2. The first-order valence-corrected chi connectivity index (χ1v) is 10.4. The number of amides is 1. The van der Waals surface area contributed by atoms with E-state index in [0.717, 1.165) is 29.4 Å². The van der Waals surface area contributed by atoms with Gasteiger partial charge in [-0.15, -0.1) is 0 Å². The molecule has 5 rings (SSSR count). The number of hydrogen-bond donors (Lipinski definition) is 2. The van der Waals surface area contributed by atoms with Gasteiger partial charge in [-0.2, -0.15) is 4.31 Å². The van der Waals surface area contributed by atoms with Crippen LogP contribution in [0.25, 0.3) is 11.0 Å². The molecule has 0 saturated carbocycles. The lowest BCUT2D eigenvalue weighted by molar-refractivity contribution is -0.115. The highest BCUT2D eigenvalue weighted by atomic mass is 32.2. The maximum absolute atomic E-state index is 13.3. The number of para-hydroxylation sites is 2. The highest BCUT2D eigenvalue weighted by Crippen LogP contribution is 2.37. The molecule has 1 aromatic heterocycles. The lowest BCUT2D eigenvalue weighted by Crippen LogP contribution is -2.31. The zero-order valence-corrected chi connectivity index (χ0v) is 15.3. The molecule has 2 N–H and O–H groups in total. The summed E-state index contributed by atoms with van der Waals surface area (Å²) in [6, 6.07) is 12.2. The van der Waals surface area contributed by atoms with Crippen LogP contribution < -0.4 is 5.32 Å². The van der Waals surface area contributed by atoms with E-state index in [1.807, 2.05) is 24.3 Å². The molecule has 0 bridgehead atoms. The first kappa shape index (κ1) is 16.5. The van der Waals surface area contributed by atoms with Gasteiger partial charge in [0.15, 0.2) is 0 Å². The molecular weight excluding hydrogens is 364 g/mol. The first-order chi connectivity index (χ1) is 13.0. The van der Waals surface area contributed by atoms with E-state index in [1.165, 1.54) is 4.31 Å². The summed E-state index contributed by atoms with van der Waals surface area (Å²) < 4.78 is 28.1. The zero-order chi connectivity index (χ0) is 18.6. The maximum atomic E-state index is 13.3. The van der Waals surface area contributed by atoms with Crippen LogP contribution in [0.3, 0.4) is 0 Å². The summed E-state index contributed by atoms with van der Waals surface area (Å²) in [5, 5.41) is 2.73. The third-order valence-electron chi connectivity index (χ3n) is 5.24. The first-order valence-electron chi connectivity index (χ1n) is 8.92. The number of rotatable bonds is 3. The van der Waals surface area contributed by atoms with Gasteiger partial charge in [0, 0.05) is 12.2 Å². The second-order valence-electron chi connectivity index (χ2n) is 6.96. The molecule has 27 heavy (non-hydrogen) atoms. The standard InChI is InChI=1S/C19H18N4O3S/c24-18-11-12-10-13(7-8-14(12)20-18)27(25,26)23-9-3-6-17(23)19-21-15-4-1-2-5-16(15)22-19/h1-2,4-5,7-8,10,17H,3,6,9,11H2,(H,20,24)(H,21,22)/t17-/m1/s1. The number of nitrogens with one attached hydrogen (secondary N) is 2. The van der Waals surface area contributed by atoms with Crippen molar-refractivity contribution in [3.05, 3.63) is 53.9 Å². The van der Waals surface area contributed by atoms with Gasteiger partial charge < -0.3 is 10.3 Å². The van der Waals surface area contributed by atoms with Crippen molar-refractivity contribution in [2.24, 2.45) is 0 Å². The molecule has 1 atom stereocenters. The number of sulfonamides is 1. The lowest BCUT2D eigenvalue weighted by atomic mass is 10.2. The highest BCUT2D eigenvalue weighted by Gasteiger charge is 2.38. The van der Waals surface area contributed by atoms with E-state index in [0.29, 0.717) is 18.1 Å². The number of imidazole rings is 1. The number of aromatic amines is 1. The molecule has 2 aliphatic rings. The molecule has 3 heterocycles. The topological polar surface area (TPSA) is 95.2 Å². The van der Waals surface area contributed by atoms with Crippen LogP contribution in [0.15, 0.2) is 47.4 Å². The van der Waals surface area contributed by atoms with Gasteiger partial charge in [0.25, 0.3) is 0 Å². The van der Waals surface area contributed by atoms with Crippen molar-refractivity contribution in [2.45, 2.75) is 30.2 Å². The normalized spacial score (nSPS) is 20.1. The molecule has 138 valence electrons. The number of carbonyl (C=O) groups is 1. The second-order valence-corrected chi connectivity index (χ2v) is 8.85. The second kappa shape index (κ2) is 5.90. The van der Waals surface area contributed by atoms with Gasteiger partial charge >= 0.3 is 0 Å². The Hall–Kier alpha value is -2.71. The minimum Gasteiger partial charge on any atom is -0.341 e. The molecule has 7 nitrogen and oxygen atoms in total. The van der Waals surface area contributed by atoms with Crippen LogP contribution in [0.2, 0.25) is 0 Å². The Morgan fingerprint density at radius 1 is 1.15 bits per heavy atom. The van der Waals surface area contributed by atoms with Crippen LogP contribution in [-0.4, -0.2) is 35.1 Å². The molecular formula is C19H18N4O3S. The highest BCUT2D eigenvalue weighted by molar-refractivity contribution is 7.89. The monoisotopic (exact) mass is 382 g/mol. The van der Waals surface area contributed by atoms with Crippen molar-refractivity contribution in [1.29, 1.82) is 0 Å². The minimum atomic E-state index is -3.68. The predicted molar refractivity (Wildman–Crippen MR) is 101 cm³/mol. The third-order valence-corrected chi connectivity index (χ3v) is 7.14. The van der Waals surface area contributed by atoms with E-state index in [1.54, 1.807) is 18.2 Å². The SMILES string of the molecule is O=C1Cc2cc(S(=O)(=O)N3CCC[C@@H]3c3nc4ccccc4[nH]3)ccc2N1. The largest absolute Gasteiger partial charge is 0.341 e.